The van der Waals surface area contributed by atoms with Crippen LogP contribution in [0.25, 0.3) is 10.2 Å². The summed E-state index contributed by atoms with van der Waals surface area (Å²) in [7, 11) is -3.34. The minimum absolute atomic E-state index is 0.0248. The maximum Gasteiger partial charge on any atom is 0.259 e. The normalized spacial score (nSPS) is 14.2. The van der Waals surface area contributed by atoms with E-state index in [1.165, 1.54) is 17.4 Å². The number of aryl methyl sites for hydroxylation is 2. The summed E-state index contributed by atoms with van der Waals surface area (Å²) in [5.41, 5.74) is 3.76. The molecular weight excluding hydrogens is 524 g/mol. The fraction of sp³-hybridized carbons (Fsp3) is 0.308. The van der Waals surface area contributed by atoms with Crippen molar-refractivity contribution in [3.63, 3.8) is 0 Å². The summed E-state index contributed by atoms with van der Waals surface area (Å²) >= 11 is 1.23. The Balaban J connectivity index is 1.26. The molecule has 0 spiro atoms. The summed E-state index contributed by atoms with van der Waals surface area (Å²) < 4.78 is 26.2. The predicted molar refractivity (Wildman–Crippen MR) is 148 cm³/mol. The maximum absolute atomic E-state index is 13.2. The van der Waals surface area contributed by atoms with E-state index >= 15 is 0 Å². The third-order valence-electron chi connectivity index (χ3n) is 6.52. The molecule has 0 radical (unpaired) electrons. The lowest BCUT2D eigenvalue weighted by Crippen LogP contribution is -2.50. The van der Waals surface area contributed by atoms with Crippen molar-refractivity contribution in [1.29, 1.82) is 0 Å². The van der Waals surface area contributed by atoms with Crippen LogP contribution in [-0.4, -0.2) is 72.3 Å². The zero-order valence-electron chi connectivity index (χ0n) is 21.3. The molecule has 1 saturated heterocycles. The molecule has 3 heterocycles. The van der Waals surface area contributed by atoms with Gasteiger partial charge in [0.1, 0.15) is 6.54 Å². The van der Waals surface area contributed by atoms with Crippen LogP contribution >= 0.6 is 11.3 Å². The van der Waals surface area contributed by atoms with Crippen LogP contribution in [0.4, 0.5) is 10.8 Å². The number of piperazine rings is 1. The van der Waals surface area contributed by atoms with Crippen LogP contribution in [0.1, 0.15) is 21.7 Å². The predicted octanol–water partition coefficient (Wildman–Crippen LogP) is 3.11. The van der Waals surface area contributed by atoms with Crippen LogP contribution in [0, 0.1) is 13.8 Å². The number of benzene rings is 2. The molecule has 12 heteroatoms. The van der Waals surface area contributed by atoms with Crippen molar-refractivity contribution in [1.82, 2.24) is 19.7 Å². The van der Waals surface area contributed by atoms with Crippen LogP contribution < -0.4 is 10.2 Å². The Morgan fingerprint density at radius 2 is 1.76 bits per heavy atom. The maximum atomic E-state index is 13.2. The van der Waals surface area contributed by atoms with E-state index in [9.17, 15) is 18.0 Å². The number of aromatic nitrogens is 3. The molecule has 0 aliphatic carbocycles. The summed E-state index contributed by atoms with van der Waals surface area (Å²) in [5, 5.41) is 7.64. The molecular formula is C26H28N6O4S2. The van der Waals surface area contributed by atoms with Crippen LogP contribution in [0.15, 0.2) is 53.4 Å². The minimum atomic E-state index is -3.34. The third-order valence-corrected chi connectivity index (χ3v) is 8.56. The molecule has 1 N–H and O–H groups in total. The zero-order chi connectivity index (χ0) is 27.0. The van der Waals surface area contributed by atoms with Gasteiger partial charge in [-0.1, -0.05) is 23.5 Å². The summed E-state index contributed by atoms with van der Waals surface area (Å²) in [5.74, 6) is -0.275. The van der Waals surface area contributed by atoms with E-state index in [4.69, 9.17) is 0 Å². The molecule has 198 valence electrons. The van der Waals surface area contributed by atoms with E-state index in [0.29, 0.717) is 47.1 Å². The SMILES string of the molecule is Cc1cc(C)n(CC(=O)N2CCN(c3ccccc3C(=O)Nc3nc4ccc(S(C)(=O)=O)cc4s3)CC2)n1. The highest BCUT2D eigenvalue weighted by Gasteiger charge is 2.25. The molecule has 1 aliphatic heterocycles. The van der Waals surface area contributed by atoms with Gasteiger partial charge in [0.25, 0.3) is 5.91 Å². The number of rotatable bonds is 6. The van der Waals surface area contributed by atoms with E-state index < -0.39 is 9.84 Å². The third kappa shape index (κ3) is 5.41. The molecule has 2 aromatic carbocycles. The molecule has 0 unspecified atom stereocenters. The van der Waals surface area contributed by atoms with Gasteiger partial charge in [-0.25, -0.2) is 13.4 Å². The molecule has 2 amide bonds. The second-order valence-electron chi connectivity index (χ2n) is 9.34. The largest absolute Gasteiger partial charge is 0.367 e. The van der Waals surface area contributed by atoms with Crippen molar-refractivity contribution >= 4 is 54.0 Å². The van der Waals surface area contributed by atoms with Crippen LogP contribution in [0.5, 0.6) is 0 Å². The van der Waals surface area contributed by atoms with E-state index in [-0.39, 0.29) is 23.3 Å². The van der Waals surface area contributed by atoms with Crippen molar-refractivity contribution in [3.05, 3.63) is 65.5 Å². The molecule has 38 heavy (non-hydrogen) atoms. The number of nitrogens with one attached hydrogen (secondary N) is 1. The van der Waals surface area contributed by atoms with Crippen LogP contribution in [-0.2, 0) is 21.2 Å². The Labute approximate surface area is 224 Å². The van der Waals surface area contributed by atoms with Gasteiger partial charge in [0.05, 0.1) is 26.4 Å². The number of amides is 2. The molecule has 2 aromatic heterocycles. The van der Waals surface area contributed by atoms with E-state index in [2.05, 4.69) is 20.3 Å². The number of fused-ring (bicyclic) bond motifs is 1. The topological polar surface area (TPSA) is 117 Å². The van der Waals surface area contributed by atoms with E-state index in [0.717, 1.165) is 23.3 Å². The Morgan fingerprint density at radius 3 is 2.45 bits per heavy atom. The molecule has 4 aromatic rings. The molecule has 0 bridgehead atoms. The molecule has 1 fully saturated rings. The lowest BCUT2D eigenvalue weighted by atomic mass is 10.1. The van der Waals surface area contributed by atoms with Gasteiger partial charge in [0.2, 0.25) is 5.91 Å². The molecule has 5 rings (SSSR count). The quantitative estimate of drug-likeness (QED) is 0.391. The number of para-hydroxylation sites is 1. The number of carbonyl (C=O) groups excluding carboxylic acids is 2. The number of nitrogens with zero attached hydrogens (tertiary/aromatic N) is 5. The molecule has 0 atom stereocenters. The summed E-state index contributed by atoms with van der Waals surface area (Å²) in [6, 6.07) is 14.0. The van der Waals surface area contributed by atoms with Gasteiger partial charge >= 0.3 is 0 Å². The second-order valence-corrected chi connectivity index (χ2v) is 12.4. The van der Waals surface area contributed by atoms with Crippen molar-refractivity contribution in [2.75, 3.05) is 42.7 Å². The highest BCUT2D eigenvalue weighted by atomic mass is 32.2. The average Bonchev–Trinajstić information content (AvgIpc) is 3.43. The van der Waals surface area contributed by atoms with Crippen molar-refractivity contribution < 1.29 is 18.0 Å². The van der Waals surface area contributed by atoms with Crippen LogP contribution in [0.2, 0.25) is 0 Å². The van der Waals surface area contributed by atoms with Crippen LogP contribution in [0.3, 0.4) is 0 Å². The Kier molecular flexibility index (Phi) is 6.93. The number of anilines is 2. The first kappa shape index (κ1) is 25.9. The Morgan fingerprint density at radius 1 is 1.03 bits per heavy atom. The Hall–Kier alpha value is -3.77. The van der Waals surface area contributed by atoms with Gasteiger partial charge in [-0.3, -0.25) is 19.6 Å². The fourth-order valence-corrected chi connectivity index (χ4v) is 6.18. The van der Waals surface area contributed by atoms with Crippen molar-refractivity contribution in [2.24, 2.45) is 0 Å². The fourth-order valence-electron chi connectivity index (χ4n) is 4.55. The van der Waals surface area contributed by atoms with Gasteiger partial charge in [-0.05, 0) is 50.2 Å². The number of hydrogen-bond acceptors (Lipinski definition) is 8. The number of thiazole rings is 1. The monoisotopic (exact) mass is 552 g/mol. The second kappa shape index (κ2) is 10.2. The number of sulfone groups is 1. The number of carbonyl (C=O) groups is 2. The number of hydrogen-bond donors (Lipinski definition) is 1. The summed E-state index contributed by atoms with van der Waals surface area (Å²) in [6.07, 6.45) is 1.16. The highest BCUT2D eigenvalue weighted by Crippen LogP contribution is 2.30. The average molecular weight is 553 g/mol. The summed E-state index contributed by atoms with van der Waals surface area (Å²) in [4.78, 5) is 34.7. The van der Waals surface area contributed by atoms with E-state index in [1.807, 2.05) is 43.0 Å². The molecule has 10 nitrogen and oxygen atoms in total. The zero-order valence-corrected chi connectivity index (χ0v) is 23.0. The van der Waals surface area contributed by atoms with E-state index in [1.54, 1.807) is 22.9 Å². The lowest BCUT2D eigenvalue weighted by Gasteiger charge is -2.36. The minimum Gasteiger partial charge on any atom is -0.367 e. The van der Waals surface area contributed by atoms with Gasteiger partial charge in [0.15, 0.2) is 15.0 Å². The lowest BCUT2D eigenvalue weighted by molar-refractivity contribution is -0.132. The molecule has 1 aliphatic rings. The first-order valence-electron chi connectivity index (χ1n) is 12.1. The highest BCUT2D eigenvalue weighted by molar-refractivity contribution is 7.90. The molecule has 0 saturated carbocycles. The van der Waals surface area contributed by atoms with Crippen molar-refractivity contribution in [2.45, 2.75) is 25.3 Å². The first-order valence-corrected chi connectivity index (χ1v) is 14.8. The smallest absolute Gasteiger partial charge is 0.259 e. The van der Waals surface area contributed by atoms with Gasteiger partial charge in [0, 0.05) is 43.8 Å². The van der Waals surface area contributed by atoms with Crippen molar-refractivity contribution in [3.8, 4) is 0 Å². The van der Waals surface area contributed by atoms with Gasteiger partial charge in [-0.15, -0.1) is 0 Å². The first-order chi connectivity index (χ1) is 18.1. The standard InChI is InChI=1S/C26H28N6O4S2/c1-17-14-18(2)32(29-17)16-24(33)31-12-10-30(11-13-31)22-7-5-4-6-20(22)25(34)28-26-27-21-9-8-19(38(3,35)36)15-23(21)37-26/h4-9,14-15H,10-13,16H2,1-3H3,(H,27,28,34). The van der Waals surface area contributed by atoms with Gasteiger partial charge in [-0.2, -0.15) is 5.10 Å². The summed E-state index contributed by atoms with van der Waals surface area (Å²) in [6.45, 7) is 6.36. The van der Waals surface area contributed by atoms with Gasteiger partial charge < -0.3 is 9.80 Å². The Bertz CT molecular complexity index is 1630.